The van der Waals surface area contributed by atoms with Crippen LogP contribution in [0.5, 0.6) is 5.75 Å². The summed E-state index contributed by atoms with van der Waals surface area (Å²) in [6.07, 6.45) is -0.0174. The summed E-state index contributed by atoms with van der Waals surface area (Å²) in [6, 6.07) is 18.0. The number of fused-ring (bicyclic) bond motifs is 1. The molecule has 0 bridgehead atoms. The molecule has 0 spiro atoms. The molecule has 3 rings (SSSR count). The second-order valence-corrected chi connectivity index (χ2v) is 5.79. The van der Waals surface area contributed by atoms with Crippen LogP contribution in [0.15, 0.2) is 60.7 Å². The van der Waals surface area contributed by atoms with E-state index in [1.807, 2.05) is 42.5 Å². The maximum Gasteiger partial charge on any atom is 0.307 e. The Balaban J connectivity index is 1.79. The number of anilines is 1. The maximum absolute atomic E-state index is 12.4. The zero-order valence-electron chi connectivity index (χ0n) is 13.4. The molecule has 0 radical (unpaired) electrons. The van der Waals surface area contributed by atoms with Gasteiger partial charge in [0.2, 0.25) is 5.91 Å². The van der Waals surface area contributed by atoms with Crippen molar-refractivity contribution in [2.45, 2.75) is 12.8 Å². The lowest BCUT2D eigenvalue weighted by Gasteiger charge is -2.10. The minimum atomic E-state index is -0.973. The number of carboxylic acid groups (broad SMARTS) is 1. The lowest BCUT2D eigenvalue weighted by Crippen LogP contribution is -2.15. The summed E-state index contributed by atoms with van der Waals surface area (Å²) < 4.78 is 0. The number of rotatable bonds is 5. The van der Waals surface area contributed by atoms with Crippen LogP contribution in [0.2, 0.25) is 0 Å². The van der Waals surface area contributed by atoms with Crippen LogP contribution >= 0.6 is 0 Å². The van der Waals surface area contributed by atoms with Gasteiger partial charge in [0.25, 0.3) is 0 Å². The van der Waals surface area contributed by atoms with Gasteiger partial charge in [-0.15, -0.1) is 0 Å². The van der Waals surface area contributed by atoms with Crippen LogP contribution in [0.4, 0.5) is 5.69 Å². The first-order valence-electron chi connectivity index (χ1n) is 7.83. The number of phenols is 1. The van der Waals surface area contributed by atoms with Gasteiger partial charge in [-0.25, -0.2) is 0 Å². The molecule has 0 aromatic heterocycles. The monoisotopic (exact) mass is 335 g/mol. The zero-order chi connectivity index (χ0) is 17.8. The molecule has 25 heavy (non-hydrogen) atoms. The van der Waals surface area contributed by atoms with E-state index in [9.17, 15) is 14.7 Å². The van der Waals surface area contributed by atoms with Gasteiger partial charge in [-0.05, 0) is 34.0 Å². The summed E-state index contributed by atoms with van der Waals surface area (Å²) in [7, 11) is 0. The highest BCUT2D eigenvalue weighted by Crippen LogP contribution is 2.25. The number of aliphatic carboxylic acids is 1. The topological polar surface area (TPSA) is 86.6 Å². The molecule has 3 aromatic carbocycles. The van der Waals surface area contributed by atoms with Gasteiger partial charge < -0.3 is 15.5 Å². The van der Waals surface area contributed by atoms with E-state index < -0.39 is 5.97 Å². The highest BCUT2D eigenvalue weighted by molar-refractivity contribution is 5.97. The van der Waals surface area contributed by atoms with Crippen LogP contribution in [-0.4, -0.2) is 22.1 Å². The first-order chi connectivity index (χ1) is 12.0. The van der Waals surface area contributed by atoms with Gasteiger partial charge in [0.05, 0.1) is 18.5 Å². The summed E-state index contributed by atoms with van der Waals surface area (Å²) in [5, 5.41) is 23.5. The van der Waals surface area contributed by atoms with E-state index in [1.54, 1.807) is 0 Å². The Morgan fingerprint density at radius 2 is 1.68 bits per heavy atom. The Hall–Kier alpha value is -3.34. The third-order valence-corrected chi connectivity index (χ3v) is 3.92. The predicted octanol–water partition coefficient (Wildman–Crippen LogP) is 3.35. The number of aromatic hydroxyl groups is 1. The fraction of sp³-hybridized carbons (Fsp3) is 0.100. The number of carbonyl (C=O) groups excluding carboxylic acids is 1. The van der Waals surface area contributed by atoms with E-state index >= 15 is 0 Å². The molecule has 3 aromatic rings. The Bertz CT molecular complexity index is 944. The fourth-order valence-corrected chi connectivity index (χ4v) is 2.78. The van der Waals surface area contributed by atoms with E-state index in [-0.39, 0.29) is 30.2 Å². The first-order valence-corrected chi connectivity index (χ1v) is 7.83. The smallest absolute Gasteiger partial charge is 0.307 e. The zero-order valence-corrected chi connectivity index (χ0v) is 13.4. The molecule has 0 saturated carbocycles. The standard InChI is InChI=1S/C20H17NO4/c22-18-9-8-13(11-20(24)25)10-17(18)21-19(23)12-15-6-3-5-14-4-1-2-7-16(14)15/h1-10,22H,11-12H2,(H,21,23)(H,24,25). The molecule has 5 nitrogen and oxygen atoms in total. The summed E-state index contributed by atoms with van der Waals surface area (Å²) in [6.45, 7) is 0. The predicted molar refractivity (Wildman–Crippen MR) is 95.7 cm³/mol. The third kappa shape index (κ3) is 3.95. The van der Waals surface area contributed by atoms with E-state index in [0.29, 0.717) is 5.56 Å². The largest absolute Gasteiger partial charge is 0.506 e. The lowest BCUT2D eigenvalue weighted by atomic mass is 10.0. The van der Waals surface area contributed by atoms with Crippen molar-refractivity contribution in [2.24, 2.45) is 0 Å². The summed E-state index contributed by atoms with van der Waals surface area (Å²) in [4.78, 5) is 23.2. The Kier molecular flexibility index (Phi) is 4.66. The molecule has 0 heterocycles. The highest BCUT2D eigenvalue weighted by atomic mass is 16.4. The second kappa shape index (κ2) is 7.05. The van der Waals surface area contributed by atoms with Gasteiger partial charge in [0.15, 0.2) is 0 Å². The van der Waals surface area contributed by atoms with Crippen molar-refractivity contribution < 1.29 is 19.8 Å². The van der Waals surface area contributed by atoms with Gasteiger partial charge in [-0.2, -0.15) is 0 Å². The maximum atomic E-state index is 12.4. The number of phenolic OH excluding ortho intramolecular Hbond substituents is 1. The van der Waals surface area contributed by atoms with Gasteiger partial charge in [0, 0.05) is 0 Å². The fourth-order valence-electron chi connectivity index (χ4n) is 2.78. The van der Waals surface area contributed by atoms with Crippen molar-refractivity contribution in [3.05, 3.63) is 71.8 Å². The molecule has 0 aliphatic rings. The van der Waals surface area contributed by atoms with Gasteiger partial charge >= 0.3 is 5.97 Å². The van der Waals surface area contributed by atoms with Crippen LogP contribution in [0.25, 0.3) is 10.8 Å². The van der Waals surface area contributed by atoms with Gasteiger partial charge in [-0.1, -0.05) is 48.5 Å². The molecule has 5 heteroatoms. The Morgan fingerprint density at radius 1 is 0.920 bits per heavy atom. The van der Waals surface area contributed by atoms with Crippen LogP contribution in [0, 0.1) is 0 Å². The van der Waals surface area contributed by atoms with Gasteiger partial charge in [0.1, 0.15) is 5.75 Å². The molecule has 0 atom stereocenters. The molecular weight excluding hydrogens is 318 g/mol. The number of carboxylic acids is 1. The van der Waals surface area contributed by atoms with Crippen LogP contribution in [0.1, 0.15) is 11.1 Å². The summed E-state index contributed by atoms with van der Waals surface area (Å²) in [5.74, 6) is -1.35. The van der Waals surface area contributed by atoms with Crippen molar-refractivity contribution in [3.8, 4) is 5.75 Å². The molecule has 0 saturated heterocycles. The number of carbonyl (C=O) groups is 2. The summed E-state index contributed by atoms with van der Waals surface area (Å²) >= 11 is 0. The van der Waals surface area contributed by atoms with E-state index in [0.717, 1.165) is 16.3 Å². The number of hydrogen-bond donors (Lipinski definition) is 3. The van der Waals surface area contributed by atoms with E-state index in [1.165, 1.54) is 18.2 Å². The van der Waals surface area contributed by atoms with E-state index in [2.05, 4.69) is 5.32 Å². The third-order valence-electron chi connectivity index (χ3n) is 3.92. The molecular formula is C20H17NO4. The quantitative estimate of drug-likeness (QED) is 0.624. The number of nitrogens with one attached hydrogen (secondary N) is 1. The summed E-state index contributed by atoms with van der Waals surface area (Å²) in [5.41, 5.74) is 1.60. The number of hydrogen-bond acceptors (Lipinski definition) is 3. The number of amides is 1. The molecule has 0 fully saturated rings. The Labute approximate surface area is 144 Å². The van der Waals surface area contributed by atoms with Crippen LogP contribution < -0.4 is 5.32 Å². The number of benzene rings is 3. The lowest BCUT2D eigenvalue weighted by molar-refractivity contribution is -0.136. The van der Waals surface area contributed by atoms with Crippen molar-refractivity contribution in [1.82, 2.24) is 0 Å². The Morgan fingerprint density at radius 3 is 2.48 bits per heavy atom. The van der Waals surface area contributed by atoms with Crippen molar-refractivity contribution in [3.63, 3.8) is 0 Å². The van der Waals surface area contributed by atoms with Crippen molar-refractivity contribution >= 4 is 28.3 Å². The average Bonchev–Trinajstić information content (AvgIpc) is 2.58. The highest BCUT2D eigenvalue weighted by Gasteiger charge is 2.11. The molecule has 3 N–H and O–H groups in total. The first kappa shape index (κ1) is 16.5. The van der Waals surface area contributed by atoms with Gasteiger partial charge in [-0.3, -0.25) is 9.59 Å². The molecule has 0 aliphatic heterocycles. The minimum absolute atomic E-state index is 0.0968. The van der Waals surface area contributed by atoms with Crippen molar-refractivity contribution in [2.75, 3.05) is 5.32 Å². The SMILES string of the molecule is O=C(O)Cc1ccc(O)c(NC(=O)Cc2cccc3ccccc23)c1. The minimum Gasteiger partial charge on any atom is -0.506 e. The van der Waals surface area contributed by atoms with Crippen LogP contribution in [0.3, 0.4) is 0 Å². The normalized spacial score (nSPS) is 10.6. The van der Waals surface area contributed by atoms with Crippen LogP contribution in [-0.2, 0) is 22.4 Å². The molecule has 0 aliphatic carbocycles. The second-order valence-electron chi connectivity index (χ2n) is 5.79. The molecule has 0 unspecified atom stereocenters. The van der Waals surface area contributed by atoms with Crippen molar-refractivity contribution in [1.29, 1.82) is 0 Å². The molecule has 126 valence electrons. The average molecular weight is 335 g/mol. The molecule has 1 amide bonds. The van der Waals surface area contributed by atoms with E-state index in [4.69, 9.17) is 5.11 Å².